The molecule has 2 aromatic rings. The van der Waals surface area contributed by atoms with Gasteiger partial charge in [-0.2, -0.15) is 0 Å². The largest absolute Gasteiger partial charge is 0.352 e. The van der Waals surface area contributed by atoms with Gasteiger partial charge in [-0.15, -0.1) is 0 Å². The van der Waals surface area contributed by atoms with E-state index in [0.717, 1.165) is 23.1 Å². The second kappa shape index (κ2) is 9.55. The topological polar surface area (TPSA) is 66.5 Å². The summed E-state index contributed by atoms with van der Waals surface area (Å²) in [5.41, 5.74) is 4.01. The van der Waals surface area contributed by atoms with Crippen LogP contribution in [0.1, 0.15) is 36.5 Å². The molecule has 5 nitrogen and oxygen atoms in total. The van der Waals surface area contributed by atoms with Crippen molar-refractivity contribution in [3.63, 3.8) is 0 Å². The van der Waals surface area contributed by atoms with Crippen LogP contribution in [0, 0.1) is 6.92 Å². The summed E-state index contributed by atoms with van der Waals surface area (Å²) in [6.45, 7) is 4.83. The summed E-state index contributed by atoms with van der Waals surface area (Å²) in [4.78, 5) is 12.1. The van der Waals surface area contributed by atoms with Crippen LogP contribution in [0.2, 0.25) is 0 Å². The first kappa shape index (κ1) is 21.0. The highest BCUT2D eigenvalue weighted by Crippen LogP contribution is 2.19. The number of rotatable bonds is 9. The molecule has 0 fully saturated rings. The SMILES string of the molecule is CCc1ccc(N(CCCC(=O)NCc2ccccc2C)S(C)(=O)=O)cc1. The van der Waals surface area contributed by atoms with Gasteiger partial charge in [0.25, 0.3) is 0 Å². The van der Waals surface area contributed by atoms with Crippen molar-refractivity contribution in [1.29, 1.82) is 0 Å². The van der Waals surface area contributed by atoms with Crippen molar-refractivity contribution in [2.75, 3.05) is 17.1 Å². The first-order chi connectivity index (χ1) is 12.8. The summed E-state index contributed by atoms with van der Waals surface area (Å²) < 4.78 is 25.6. The number of benzene rings is 2. The molecule has 0 saturated carbocycles. The van der Waals surface area contributed by atoms with Crippen LogP contribution in [0.5, 0.6) is 0 Å². The van der Waals surface area contributed by atoms with Crippen molar-refractivity contribution >= 4 is 21.6 Å². The highest BCUT2D eigenvalue weighted by Gasteiger charge is 2.17. The molecule has 0 spiro atoms. The predicted octanol–water partition coefficient (Wildman–Crippen LogP) is 3.42. The van der Waals surface area contributed by atoms with Crippen LogP contribution in [-0.2, 0) is 27.8 Å². The Kier molecular flexibility index (Phi) is 7.42. The van der Waals surface area contributed by atoms with Gasteiger partial charge in [-0.1, -0.05) is 43.3 Å². The number of nitrogens with zero attached hydrogens (tertiary/aromatic N) is 1. The van der Waals surface area contributed by atoms with Gasteiger partial charge in [-0.25, -0.2) is 8.42 Å². The molecule has 0 atom stereocenters. The van der Waals surface area contributed by atoms with Crippen LogP contribution < -0.4 is 9.62 Å². The Bertz CT molecular complexity index is 861. The van der Waals surface area contributed by atoms with E-state index in [0.29, 0.717) is 18.7 Å². The molecule has 0 saturated heterocycles. The molecule has 6 heteroatoms. The van der Waals surface area contributed by atoms with E-state index in [1.807, 2.05) is 55.5 Å². The summed E-state index contributed by atoms with van der Waals surface area (Å²) >= 11 is 0. The zero-order valence-electron chi connectivity index (χ0n) is 16.2. The fourth-order valence-electron chi connectivity index (χ4n) is 2.86. The maximum atomic E-state index is 12.1. The predicted molar refractivity (Wildman–Crippen MR) is 110 cm³/mol. The van der Waals surface area contributed by atoms with Gasteiger partial charge in [0.05, 0.1) is 11.9 Å². The lowest BCUT2D eigenvalue weighted by Crippen LogP contribution is -2.32. The molecule has 0 aliphatic rings. The van der Waals surface area contributed by atoms with Crippen LogP contribution in [0.15, 0.2) is 48.5 Å². The summed E-state index contributed by atoms with van der Waals surface area (Å²) in [6.07, 6.45) is 2.84. The van der Waals surface area contributed by atoms with Crippen LogP contribution in [-0.4, -0.2) is 27.1 Å². The molecule has 2 aromatic carbocycles. The lowest BCUT2D eigenvalue weighted by Gasteiger charge is -2.22. The standard InChI is InChI=1S/C21H28N2O3S/c1-4-18-11-13-20(14-12-18)23(27(3,25)26)15-7-10-21(24)22-16-19-9-6-5-8-17(19)2/h5-6,8-9,11-14H,4,7,10,15-16H2,1-3H3,(H,22,24). The zero-order valence-corrected chi connectivity index (χ0v) is 17.1. The number of hydrogen-bond donors (Lipinski definition) is 1. The number of amides is 1. The molecular formula is C21H28N2O3S. The maximum absolute atomic E-state index is 12.1. The van der Waals surface area contributed by atoms with E-state index in [9.17, 15) is 13.2 Å². The van der Waals surface area contributed by atoms with Gasteiger partial charge in [-0.05, 0) is 48.6 Å². The first-order valence-electron chi connectivity index (χ1n) is 9.19. The number of anilines is 1. The summed E-state index contributed by atoms with van der Waals surface area (Å²) in [7, 11) is -3.39. The lowest BCUT2D eigenvalue weighted by molar-refractivity contribution is -0.121. The van der Waals surface area contributed by atoms with Crippen molar-refractivity contribution in [2.24, 2.45) is 0 Å². The van der Waals surface area contributed by atoms with Gasteiger partial charge in [0.2, 0.25) is 15.9 Å². The molecule has 27 heavy (non-hydrogen) atoms. The highest BCUT2D eigenvalue weighted by atomic mass is 32.2. The molecule has 2 rings (SSSR count). The Labute approximate surface area is 162 Å². The molecule has 0 bridgehead atoms. The molecule has 1 N–H and O–H groups in total. The molecule has 146 valence electrons. The molecule has 0 heterocycles. The minimum Gasteiger partial charge on any atom is -0.352 e. The lowest BCUT2D eigenvalue weighted by atomic mass is 10.1. The average Bonchev–Trinajstić information content (AvgIpc) is 2.64. The monoisotopic (exact) mass is 388 g/mol. The summed E-state index contributed by atoms with van der Waals surface area (Å²) in [5, 5.41) is 2.90. The Balaban J connectivity index is 1.89. The van der Waals surface area contributed by atoms with E-state index in [4.69, 9.17) is 0 Å². The van der Waals surface area contributed by atoms with Crippen molar-refractivity contribution in [3.8, 4) is 0 Å². The maximum Gasteiger partial charge on any atom is 0.232 e. The van der Waals surface area contributed by atoms with Crippen molar-refractivity contribution < 1.29 is 13.2 Å². The van der Waals surface area contributed by atoms with E-state index in [2.05, 4.69) is 12.2 Å². The Morgan fingerprint density at radius 1 is 1.07 bits per heavy atom. The van der Waals surface area contributed by atoms with Gasteiger partial charge in [0, 0.05) is 19.5 Å². The van der Waals surface area contributed by atoms with E-state index in [1.165, 1.54) is 10.6 Å². The Hall–Kier alpha value is -2.34. The van der Waals surface area contributed by atoms with E-state index < -0.39 is 10.0 Å². The fraction of sp³-hybridized carbons (Fsp3) is 0.381. The third kappa shape index (κ3) is 6.40. The number of carbonyl (C=O) groups is 1. The number of sulfonamides is 1. The van der Waals surface area contributed by atoms with Crippen molar-refractivity contribution in [1.82, 2.24) is 5.32 Å². The van der Waals surface area contributed by atoms with Gasteiger partial charge in [0.1, 0.15) is 0 Å². The first-order valence-corrected chi connectivity index (χ1v) is 11.0. The number of carbonyl (C=O) groups excluding carboxylic acids is 1. The van der Waals surface area contributed by atoms with Crippen LogP contribution in [0.4, 0.5) is 5.69 Å². The van der Waals surface area contributed by atoms with Crippen LogP contribution >= 0.6 is 0 Å². The number of aryl methyl sites for hydroxylation is 2. The Morgan fingerprint density at radius 3 is 2.33 bits per heavy atom. The normalized spacial score (nSPS) is 11.2. The zero-order chi connectivity index (χ0) is 19.9. The Morgan fingerprint density at radius 2 is 1.74 bits per heavy atom. The van der Waals surface area contributed by atoms with E-state index in [1.54, 1.807) is 0 Å². The third-order valence-corrected chi connectivity index (χ3v) is 5.73. The molecule has 0 unspecified atom stereocenters. The molecule has 0 aliphatic heterocycles. The number of nitrogens with one attached hydrogen (secondary N) is 1. The second-order valence-electron chi connectivity index (χ2n) is 6.66. The third-order valence-electron chi connectivity index (χ3n) is 4.54. The minimum atomic E-state index is -3.39. The molecule has 1 amide bonds. The molecule has 0 aliphatic carbocycles. The highest BCUT2D eigenvalue weighted by molar-refractivity contribution is 7.92. The van der Waals surface area contributed by atoms with Gasteiger partial charge < -0.3 is 5.32 Å². The van der Waals surface area contributed by atoms with Gasteiger partial charge in [0.15, 0.2) is 0 Å². The summed E-state index contributed by atoms with van der Waals surface area (Å²) in [5.74, 6) is -0.0759. The average molecular weight is 389 g/mol. The second-order valence-corrected chi connectivity index (χ2v) is 8.57. The molecule has 0 aromatic heterocycles. The van der Waals surface area contributed by atoms with Crippen LogP contribution in [0.3, 0.4) is 0 Å². The quantitative estimate of drug-likeness (QED) is 0.716. The molecule has 0 radical (unpaired) electrons. The van der Waals surface area contributed by atoms with Gasteiger partial charge in [-0.3, -0.25) is 9.10 Å². The van der Waals surface area contributed by atoms with E-state index >= 15 is 0 Å². The number of hydrogen-bond acceptors (Lipinski definition) is 3. The van der Waals surface area contributed by atoms with Crippen molar-refractivity contribution in [2.45, 2.75) is 39.7 Å². The van der Waals surface area contributed by atoms with Gasteiger partial charge >= 0.3 is 0 Å². The van der Waals surface area contributed by atoms with Crippen LogP contribution in [0.25, 0.3) is 0 Å². The minimum absolute atomic E-state index is 0.0759. The smallest absolute Gasteiger partial charge is 0.232 e. The summed E-state index contributed by atoms with van der Waals surface area (Å²) in [6, 6.07) is 15.4. The fourth-order valence-corrected chi connectivity index (χ4v) is 3.82. The van der Waals surface area contributed by atoms with Crippen molar-refractivity contribution in [3.05, 3.63) is 65.2 Å². The van der Waals surface area contributed by atoms with E-state index in [-0.39, 0.29) is 18.9 Å². The molecular weight excluding hydrogens is 360 g/mol.